The first-order valence-corrected chi connectivity index (χ1v) is 9.16. The minimum atomic E-state index is 0.520. The van der Waals surface area contributed by atoms with E-state index in [1.807, 2.05) is 11.3 Å². The molecule has 2 aliphatic rings. The first-order valence-electron chi connectivity index (χ1n) is 8.35. The summed E-state index contributed by atoms with van der Waals surface area (Å²) >= 11 is 1.90. The van der Waals surface area contributed by atoms with Crippen molar-refractivity contribution in [3.05, 3.63) is 10.6 Å². The highest BCUT2D eigenvalue weighted by Crippen LogP contribution is 2.37. The van der Waals surface area contributed by atoms with Crippen LogP contribution in [0.25, 0.3) is 0 Å². The number of nitrogens with one attached hydrogen (secondary N) is 1. The summed E-state index contributed by atoms with van der Waals surface area (Å²) in [5.74, 6) is 0. The molecule has 0 bridgehead atoms. The van der Waals surface area contributed by atoms with Gasteiger partial charge in [-0.25, -0.2) is 4.98 Å². The van der Waals surface area contributed by atoms with Crippen molar-refractivity contribution in [1.82, 2.24) is 15.2 Å². The second-order valence-corrected chi connectivity index (χ2v) is 7.36. The van der Waals surface area contributed by atoms with Gasteiger partial charge >= 0.3 is 0 Å². The second-order valence-electron chi connectivity index (χ2n) is 6.35. The van der Waals surface area contributed by atoms with E-state index in [0.717, 1.165) is 13.0 Å². The van der Waals surface area contributed by atoms with Gasteiger partial charge in [-0.1, -0.05) is 18.3 Å². The van der Waals surface area contributed by atoms with Crippen LogP contribution in [0.15, 0.2) is 0 Å². The summed E-state index contributed by atoms with van der Waals surface area (Å²) in [6.45, 7) is 5.84. The standard InChI is InChI=1S/C16H28N4S/c1-4-20-10-6-7-12(20)11-19(3)16-18-14-9-5-8-13(17-2)15(14)21-16/h12-13,17H,4-11H2,1-3H3. The molecule has 0 radical (unpaired) electrons. The Balaban J connectivity index is 1.70. The third kappa shape index (κ3) is 3.10. The lowest BCUT2D eigenvalue weighted by Crippen LogP contribution is -2.38. The lowest BCUT2D eigenvalue weighted by molar-refractivity contribution is 0.270. The average molecular weight is 308 g/mol. The average Bonchev–Trinajstić information content (AvgIpc) is 3.12. The van der Waals surface area contributed by atoms with E-state index in [0.29, 0.717) is 12.1 Å². The summed E-state index contributed by atoms with van der Waals surface area (Å²) in [4.78, 5) is 11.4. The molecule has 2 unspecified atom stereocenters. The van der Waals surface area contributed by atoms with Gasteiger partial charge in [0.05, 0.1) is 5.69 Å². The monoisotopic (exact) mass is 308 g/mol. The van der Waals surface area contributed by atoms with Gasteiger partial charge in [-0.05, 0) is 52.2 Å². The molecule has 5 heteroatoms. The van der Waals surface area contributed by atoms with Crippen LogP contribution >= 0.6 is 11.3 Å². The number of aryl methyl sites for hydroxylation is 1. The van der Waals surface area contributed by atoms with Gasteiger partial charge in [0.1, 0.15) is 0 Å². The van der Waals surface area contributed by atoms with E-state index in [2.05, 4.69) is 36.1 Å². The molecule has 1 saturated heterocycles. The Morgan fingerprint density at radius 1 is 1.38 bits per heavy atom. The van der Waals surface area contributed by atoms with Gasteiger partial charge in [-0.15, -0.1) is 0 Å². The van der Waals surface area contributed by atoms with Gasteiger partial charge in [0.25, 0.3) is 0 Å². The van der Waals surface area contributed by atoms with E-state index >= 15 is 0 Å². The predicted molar refractivity (Wildman–Crippen MR) is 90.4 cm³/mol. The Morgan fingerprint density at radius 3 is 3.00 bits per heavy atom. The summed E-state index contributed by atoms with van der Waals surface area (Å²) in [7, 11) is 4.28. The number of fused-ring (bicyclic) bond motifs is 1. The molecule has 1 aromatic heterocycles. The first kappa shape index (κ1) is 15.3. The topological polar surface area (TPSA) is 31.4 Å². The van der Waals surface area contributed by atoms with Crippen molar-refractivity contribution >= 4 is 16.5 Å². The summed E-state index contributed by atoms with van der Waals surface area (Å²) in [5, 5.41) is 4.66. The molecule has 0 amide bonds. The van der Waals surface area contributed by atoms with Crippen LogP contribution in [0.2, 0.25) is 0 Å². The molecular formula is C16H28N4S. The van der Waals surface area contributed by atoms with Crippen molar-refractivity contribution in [2.75, 3.05) is 38.6 Å². The van der Waals surface area contributed by atoms with E-state index < -0.39 is 0 Å². The van der Waals surface area contributed by atoms with Gasteiger partial charge in [0.15, 0.2) is 5.13 Å². The number of likely N-dealkylation sites (N-methyl/N-ethyl adjacent to an activating group) is 2. The lowest BCUT2D eigenvalue weighted by Gasteiger charge is -2.27. The van der Waals surface area contributed by atoms with Gasteiger partial charge in [0, 0.05) is 30.6 Å². The fourth-order valence-corrected chi connectivity index (χ4v) is 4.98. The maximum atomic E-state index is 4.93. The fourth-order valence-electron chi connectivity index (χ4n) is 3.76. The Morgan fingerprint density at radius 2 is 2.24 bits per heavy atom. The predicted octanol–water partition coefficient (Wildman–Crippen LogP) is 2.66. The van der Waals surface area contributed by atoms with Crippen molar-refractivity contribution in [2.24, 2.45) is 0 Å². The first-order chi connectivity index (χ1) is 10.2. The van der Waals surface area contributed by atoms with E-state index in [9.17, 15) is 0 Å². The van der Waals surface area contributed by atoms with Crippen molar-refractivity contribution in [1.29, 1.82) is 0 Å². The van der Waals surface area contributed by atoms with Crippen LogP contribution in [-0.2, 0) is 6.42 Å². The molecule has 2 atom stereocenters. The van der Waals surface area contributed by atoms with E-state index in [1.54, 1.807) is 0 Å². The van der Waals surface area contributed by atoms with Crippen LogP contribution in [0.4, 0.5) is 5.13 Å². The third-order valence-corrected chi connectivity index (χ3v) is 6.33. The number of nitrogens with zero attached hydrogens (tertiary/aromatic N) is 3. The molecule has 1 N–H and O–H groups in total. The van der Waals surface area contributed by atoms with Crippen molar-refractivity contribution in [3.63, 3.8) is 0 Å². The number of aromatic nitrogens is 1. The van der Waals surface area contributed by atoms with Crippen LogP contribution in [0.1, 0.15) is 49.2 Å². The highest BCUT2D eigenvalue weighted by atomic mass is 32.1. The fraction of sp³-hybridized carbons (Fsp3) is 0.812. The van der Waals surface area contributed by atoms with E-state index in [-0.39, 0.29) is 0 Å². The minimum Gasteiger partial charge on any atom is -0.350 e. The van der Waals surface area contributed by atoms with Crippen molar-refractivity contribution < 1.29 is 0 Å². The minimum absolute atomic E-state index is 0.520. The smallest absolute Gasteiger partial charge is 0.185 e. The Labute approximate surface area is 132 Å². The largest absolute Gasteiger partial charge is 0.350 e. The zero-order valence-corrected chi connectivity index (χ0v) is 14.4. The van der Waals surface area contributed by atoms with E-state index in [1.165, 1.54) is 54.5 Å². The number of hydrogen-bond donors (Lipinski definition) is 1. The van der Waals surface area contributed by atoms with E-state index in [4.69, 9.17) is 4.98 Å². The molecule has 1 aromatic rings. The molecule has 4 nitrogen and oxygen atoms in total. The molecular weight excluding hydrogens is 280 g/mol. The number of hydrogen-bond acceptors (Lipinski definition) is 5. The molecule has 1 aliphatic carbocycles. The molecule has 21 heavy (non-hydrogen) atoms. The number of likely N-dealkylation sites (tertiary alicyclic amines) is 1. The van der Waals surface area contributed by atoms with Gasteiger partial charge in [0.2, 0.25) is 0 Å². The van der Waals surface area contributed by atoms with Crippen LogP contribution in [0.5, 0.6) is 0 Å². The zero-order valence-electron chi connectivity index (χ0n) is 13.6. The highest BCUT2D eigenvalue weighted by Gasteiger charge is 2.27. The zero-order chi connectivity index (χ0) is 14.8. The number of anilines is 1. The van der Waals surface area contributed by atoms with Gasteiger partial charge < -0.3 is 10.2 Å². The molecule has 2 heterocycles. The van der Waals surface area contributed by atoms with Crippen molar-refractivity contribution in [3.8, 4) is 0 Å². The summed E-state index contributed by atoms with van der Waals surface area (Å²) in [6.07, 6.45) is 6.35. The molecule has 1 fully saturated rings. The quantitative estimate of drug-likeness (QED) is 0.906. The van der Waals surface area contributed by atoms with Gasteiger partial charge in [-0.2, -0.15) is 0 Å². The molecule has 0 spiro atoms. The molecule has 1 aliphatic heterocycles. The Bertz CT molecular complexity index is 473. The number of rotatable bonds is 5. The molecule has 118 valence electrons. The lowest BCUT2D eigenvalue weighted by atomic mass is 9.98. The van der Waals surface area contributed by atoms with Gasteiger partial charge in [-0.3, -0.25) is 4.90 Å². The summed E-state index contributed by atoms with van der Waals surface area (Å²) in [5.41, 5.74) is 1.34. The maximum Gasteiger partial charge on any atom is 0.185 e. The Hall–Kier alpha value is -0.650. The third-order valence-electron chi connectivity index (χ3n) is 5.00. The highest BCUT2D eigenvalue weighted by molar-refractivity contribution is 7.15. The number of thiazole rings is 1. The maximum absolute atomic E-state index is 4.93. The normalized spacial score (nSPS) is 26.0. The van der Waals surface area contributed by atoms with Crippen LogP contribution in [0, 0.1) is 0 Å². The molecule has 0 saturated carbocycles. The molecule has 0 aromatic carbocycles. The second kappa shape index (κ2) is 6.63. The summed E-state index contributed by atoms with van der Waals surface area (Å²) < 4.78 is 0. The Kier molecular flexibility index (Phi) is 4.82. The van der Waals surface area contributed by atoms with Crippen LogP contribution < -0.4 is 10.2 Å². The van der Waals surface area contributed by atoms with Crippen LogP contribution in [0.3, 0.4) is 0 Å². The SMILES string of the molecule is CCN1CCCC1CN(C)c1nc2c(s1)C(NC)CCC2. The molecule has 3 rings (SSSR count). The summed E-state index contributed by atoms with van der Waals surface area (Å²) in [6, 6.07) is 1.23. The van der Waals surface area contributed by atoms with Crippen LogP contribution in [-0.4, -0.2) is 49.7 Å². The van der Waals surface area contributed by atoms with Crippen molar-refractivity contribution in [2.45, 2.75) is 51.1 Å².